The van der Waals surface area contributed by atoms with Gasteiger partial charge in [0.25, 0.3) is 0 Å². The molecular weight excluding hydrogens is 372 g/mol. The number of methoxy groups -OCH3 is 1. The molecule has 0 aromatic heterocycles. The van der Waals surface area contributed by atoms with Crippen LogP contribution >= 0.6 is 0 Å². The summed E-state index contributed by atoms with van der Waals surface area (Å²) in [6, 6.07) is 7.67. The smallest absolute Gasteiger partial charge is 0.408 e. The average molecular weight is 398 g/mol. The second-order valence-electron chi connectivity index (χ2n) is 6.83. The van der Waals surface area contributed by atoms with Gasteiger partial charge in [-0.2, -0.15) is 0 Å². The first-order valence-corrected chi connectivity index (χ1v) is 10.4. The van der Waals surface area contributed by atoms with Crippen LogP contribution in [-0.4, -0.2) is 56.8 Å². The standard InChI is InChI=1S/C18H26N2O6S/c1-13-9-20(10-14(13)2)27(23,24)12-16(17(21)25-3)19-18(22)26-11-15-7-5-4-6-8-15/h4-8,13-14,16H,9-12H2,1-3H3,(H,19,22)/t13?,14?,16-/m0/s1. The molecule has 2 rings (SSSR count). The highest BCUT2D eigenvalue weighted by molar-refractivity contribution is 7.89. The lowest BCUT2D eigenvalue weighted by atomic mass is 10.0. The predicted octanol–water partition coefficient (Wildman–Crippen LogP) is 1.37. The monoisotopic (exact) mass is 398 g/mol. The number of amides is 1. The van der Waals surface area contributed by atoms with E-state index in [1.54, 1.807) is 24.3 Å². The molecule has 1 aliphatic rings. The Labute approximate surface area is 159 Å². The predicted molar refractivity (Wildman–Crippen MR) is 99.3 cm³/mol. The quantitative estimate of drug-likeness (QED) is 0.696. The normalized spacial score (nSPS) is 21.4. The van der Waals surface area contributed by atoms with Gasteiger partial charge in [-0.05, 0) is 17.4 Å². The highest BCUT2D eigenvalue weighted by Gasteiger charge is 2.37. The van der Waals surface area contributed by atoms with Gasteiger partial charge in [0.2, 0.25) is 10.0 Å². The third kappa shape index (κ3) is 5.93. The first kappa shape index (κ1) is 21.2. The number of sulfonamides is 1. The fraction of sp³-hybridized carbons (Fsp3) is 0.556. The van der Waals surface area contributed by atoms with Gasteiger partial charge < -0.3 is 14.8 Å². The van der Waals surface area contributed by atoms with E-state index in [4.69, 9.17) is 4.74 Å². The minimum Gasteiger partial charge on any atom is -0.467 e. The summed E-state index contributed by atoms with van der Waals surface area (Å²) >= 11 is 0. The highest BCUT2D eigenvalue weighted by Crippen LogP contribution is 2.25. The molecule has 1 heterocycles. The Morgan fingerprint density at radius 2 is 1.78 bits per heavy atom. The van der Waals surface area contributed by atoms with E-state index in [0.717, 1.165) is 12.7 Å². The SMILES string of the molecule is COC(=O)[C@H](CS(=O)(=O)N1CC(C)C(C)C1)NC(=O)OCc1ccccc1. The van der Waals surface area contributed by atoms with Crippen molar-refractivity contribution >= 4 is 22.1 Å². The van der Waals surface area contributed by atoms with E-state index < -0.39 is 33.9 Å². The van der Waals surface area contributed by atoms with Crippen LogP contribution in [0.4, 0.5) is 4.79 Å². The van der Waals surface area contributed by atoms with Crippen LogP contribution in [0.3, 0.4) is 0 Å². The van der Waals surface area contributed by atoms with Crippen molar-refractivity contribution < 1.29 is 27.5 Å². The van der Waals surface area contributed by atoms with Crippen LogP contribution in [0.25, 0.3) is 0 Å². The molecule has 1 amide bonds. The molecule has 1 aromatic carbocycles. The Balaban J connectivity index is 1.98. The third-order valence-electron chi connectivity index (χ3n) is 4.72. The van der Waals surface area contributed by atoms with Crippen molar-refractivity contribution in [1.29, 1.82) is 0 Å². The summed E-state index contributed by atoms with van der Waals surface area (Å²) in [5.74, 6) is -0.935. The van der Waals surface area contributed by atoms with Gasteiger partial charge in [0.05, 0.1) is 12.9 Å². The number of hydrogen-bond donors (Lipinski definition) is 1. The Kier molecular flexibility index (Phi) is 7.20. The van der Waals surface area contributed by atoms with Crippen LogP contribution in [0.15, 0.2) is 30.3 Å². The lowest BCUT2D eigenvalue weighted by molar-refractivity contribution is -0.142. The zero-order valence-electron chi connectivity index (χ0n) is 15.8. The number of nitrogens with zero attached hydrogens (tertiary/aromatic N) is 1. The van der Waals surface area contributed by atoms with E-state index in [1.165, 1.54) is 4.31 Å². The summed E-state index contributed by atoms with van der Waals surface area (Å²) < 4.78 is 36.3. The van der Waals surface area contributed by atoms with Gasteiger partial charge in [0.15, 0.2) is 0 Å². The number of benzene rings is 1. The van der Waals surface area contributed by atoms with E-state index in [9.17, 15) is 18.0 Å². The van der Waals surface area contributed by atoms with Gasteiger partial charge >= 0.3 is 12.1 Å². The van der Waals surface area contributed by atoms with Gasteiger partial charge in [-0.15, -0.1) is 0 Å². The highest BCUT2D eigenvalue weighted by atomic mass is 32.2. The van der Waals surface area contributed by atoms with Crippen molar-refractivity contribution in [2.75, 3.05) is 26.0 Å². The molecule has 0 saturated carbocycles. The number of carbonyl (C=O) groups excluding carboxylic acids is 2. The fourth-order valence-electron chi connectivity index (χ4n) is 2.84. The molecule has 8 nitrogen and oxygen atoms in total. The fourth-order valence-corrected chi connectivity index (χ4v) is 4.61. The van der Waals surface area contributed by atoms with Gasteiger partial charge in [-0.25, -0.2) is 22.3 Å². The van der Waals surface area contributed by atoms with E-state index in [1.807, 2.05) is 19.9 Å². The van der Waals surface area contributed by atoms with Gasteiger partial charge in [0.1, 0.15) is 12.6 Å². The van der Waals surface area contributed by atoms with Crippen molar-refractivity contribution in [2.45, 2.75) is 26.5 Å². The average Bonchev–Trinajstić information content (AvgIpc) is 2.99. The number of esters is 1. The van der Waals surface area contributed by atoms with E-state index in [-0.39, 0.29) is 18.4 Å². The molecule has 1 N–H and O–H groups in total. The first-order chi connectivity index (χ1) is 12.7. The maximum absolute atomic E-state index is 12.6. The zero-order valence-corrected chi connectivity index (χ0v) is 16.6. The number of nitrogens with one attached hydrogen (secondary N) is 1. The third-order valence-corrected chi connectivity index (χ3v) is 6.56. The minimum absolute atomic E-state index is 0.00840. The minimum atomic E-state index is -3.73. The molecule has 27 heavy (non-hydrogen) atoms. The molecule has 0 spiro atoms. The molecular formula is C18H26N2O6S. The molecule has 9 heteroatoms. The van der Waals surface area contributed by atoms with Crippen molar-refractivity contribution in [3.8, 4) is 0 Å². The van der Waals surface area contributed by atoms with E-state index in [0.29, 0.717) is 13.1 Å². The second kappa shape index (κ2) is 9.18. The van der Waals surface area contributed by atoms with Crippen LogP contribution in [0, 0.1) is 11.8 Å². The summed E-state index contributed by atoms with van der Waals surface area (Å²) in [4.78, 5) is 24.0. The van der Waals surface area contributed by atoms with Crippen molar-refractivity contribution in [3.05, 3.63) is 35.9 Å². The summed E-state index contributed by atoms with van der Waals surface area (Å²) in [7, 11) is -2.59. The molecule has 0 aliphatic carbocycles. The Hall–Kier alpha value is -2.13. The van der Waals surface area contributed by atoms with Crippen molar-refractivity contribution in [3.63, 3.8) is 0 Å². The number of hydrogen-bond acceptors (Lipinski definition) is 6. The number of alkyl carbamates (subject to hydrolysis) is 1. The zero-order chi connectivity index (χ0) is 20.0. The van der Waals surface area contributed by atoms with Crippen LogP contribution < -0.4 is 5.32 Å². The molecule has 150 valence electrons. The lowest BCUT2D eigenvalue weighted by Crippen LogP contribution is -2.48. The summed E-state index contributed by atoms with van der Waals surface area (Å²) in [5.41, 5.74) is 0.773. The first-order valence-electron chi connectivity index (χ1n) is 8.75. The lowest BCUT2D eigenvalue weighted by Gasteiger charge is -2.21. The summed E-state index contributed by atoms with van der Waals surface area (Å²) in [5, 5.41) is 2.30. The second-order valence-corrected chi connectivity index (χ2v) is 8.85. The van der Waals surface area contributed by atoms with Crippen LogP contribution in [-0.2, 0) is 30.9 Å². The molecule has 1 fully saturated rings. The van der Waals surface area contributed by atoms with Crippen molar-refractivity contribution in [1.82, 2.24) is 9.62 Å². The number of ether oxygens (including phenoxy) is 2. The molecule has 1 aromatic rings. The molecule has 0 bridgehead atoms. The molecule has 0 radical (unpaired) electrons. The number of rotatable bonds is 7. The van der Waals surface area contributed by atoms with Gasteiger partial charge in [-0.1, -0.05) is 44.2 Å². The Morgan fingerprint density at radius 1 is 1.19 bits per heavy atom. The van der Waals surface area contributed by atoms with E-state index >= 15 is 0 Å². The Morgan fingerprint density at radius 3 is 2.33 bits per heavy atom. The maximum atomic E-state index is 12.6. The molecule has 1 aliphatic heterocycles. The molecule has 3 atom stereocenters. The van der Waals surface area contributed by atoms with Crippen LogP contribution in [0.5, 0.6) is 0 Å². The summed E-state index contributed by atoms with van der Waals surface area (Å²) in [6.07, 6.45) is -0.882. The summed E-state index contributed by atoms with van der Waals surface area (Å²) in [6.45, 7) is 4.77. The largest absolute Gasteiger partial charge is 0.467 e. The Bertz CT molecular complexity index is 742. The number of carbonyl (C=O) groups is 2. The van der Waals surface area contributed by atoms with Gasteiger partial charge in [0, 0.05) is 13.1 Å². The molecule has 1 saturated heterocycles. The molecule has 2 unspecified atom stereocenters. The van der Waals surface area contributed by atoms with Crippen LogP contribution in [0.1, 0.15) is 19.4 Å². The van der Waals surface area contributed by atoms with Gasteiger partial charge in [-0.3, -0.25) is 0 Å². The van der Waals surface area contributed by atoms with Crippen molar-refractivity contribution in [2.24, 2.45) is 11.8 Å². The topological polar surface area (TPSA) is 102 Å². The van der Waals surface area contributed by atoms with Crippen LogP contribution in [0.2, 0.25) is 0 Å². The van der Waals surface area contributed by atoms with E-state index in [2.05, 4.69) is 10.1 Å². The maximum Gasteiger partial charge on any atom is 0.408 e.